The van der Waals surface area contributed by atoms with Crippen molar-refractivity contribution in [1.82, 2.24) is 0 Å². The largest absolute Gasteiger partial charge is 0.492 e. The Morgan fingerprint density at radius 1 is 1.10 bits per heavy atom. The molecule has 1 unspecified atom stereocenters. The molecule has 0 radical (unpaired) electrons. The van der Waals surface area contributed by atoms with Gasteiger partial charge in [0.05, 0.1) is 25.7 Å². The molecule has 0 saturated heterocycles. The van der Waals surface area contributed by atoms with Gasteiger partial charge in [-0.15, -0.1) is 0 Å². The SMILES string of the molecule is COC(=O)CC1COc2cc(O[C@@H]3CCc4c(-c5c(C)cc(OCC(C)(C)O)cc5C)ccc(F)c43)ccc21. The van der Waals surface area contributed by atoms with Crippen molar-refractivity contribution < 1.29 is 33.2 Å². The van der Waals surface area contributed by atoms with Crippen LogP contribution in [-0.2, 0) is 16.0 Å². The molecule has 1 N–H and O–H groups in total. The Morgan fingerprint density at radius 2 is 1.85 bits per heavy atom. The number of ether oxygens (including phenoxy) is 4. The average molecular weight is 535 g/mol. The lowest BCUT2D eigenvalue weighted by atomic mass is 9.90. The van der Waals surface area contributed by atoms with E-state index in [1.165, 1.54) is 13.2 Å². The first-order valence-electron chi connectivity index (χ1n) is 13.3. The topological polar surface area (TPSA) is 74.2 Å². The van der Waals surface area contributed by atoms with Crippen LogP contribution < -0.4 is 14.2 Å². The normalized spacial score (nSPS) is 17.8. The molecule has 5 rings (SSSR count). The molecule has 2 aliphatic rings. The number of methoxy groups -OCH3 is 1. The Labute approximate surface area is 228 Å². The molecular weight excluding hydrogens is 499 g/mol. The van der Waals surface area contributed by atoms with Gasteiger partial charge in [0.15, 0.2) is 0 Å². The van der Waals surface area contributed by atoms with E-state index in [1.807, 2.05) is 50.2 Å². The van der Waals surface area contributed by atoms with E-state index < -0.39 is 11.7 Å². The van der Waals surface area contributed by atoms with Crippen molar-refractivity contribution in [2.24, 2.45) is 0 Å². The van der Waals surface area contributed by atoms with Gasteiger partial charge in [-0.3, -0.25) is 4.79 Å². The zero-order valence-corrected chi connectivity index (χ0v) is 23.1. The number of rotatable bonds is 8. The summed E-state index contributed by atoms with van der Waals surface area (Å²) in [4.78, 5) is 11.7. The fourth-order valence-corrected chi connectivity index (χ4v) is 5.67. The Bertz CT molecular complexity index is 1380. The summed E-state index contributed by atoms with van der Waals surface area (Å²) in [5.41, 5.74) is 5.70. The Morgan fingerprint density at radius 3 is 2.54 bits per heavy atom. The molecule has 0 amide bonds. The molecule has 2 atom stereocenters. The fraction of sp³-hybridized carbons (Fsp3) is 0.406. The summed E-state index contributed by atoms with van der Waals surface area (Å²) in [7, 11) is 1.38. The van der Waals surface area contributed by atoms with Gasteiger partial charge in [-0.05, 0) is 92.6 Å². The van der Waals surface area contributed by atoms with Gasteiger partial charge >= 0.3 is 5.97 Å². The van der Waals surface area contributed by atoms with E-state index >= 15 is 4.39 Å². The molecule has 3 aromatic carbocycles. The van der Waals surface area contributed by atoms with Gasteiger partial charge in [-0.2, -0.15) is 0 Å². The molecule has 1 aliphatic carbocycles. The van der Waals surface area contributed by atoms with Crippen molar-refractivity contribution in [2.75, 3.05) is 20.3 Å². The predicted molar refractivity (Wildman–Crippen MR) is 146 cm³/mol. The van der Waals surface area contributed by atoms with Crippen LogP contribution in [0.15, 0.2) is 42.5 Å². The second-order valence-electron chi connectivity index (χ2n) is 11.2. The summed E-state index contributed by atoms with van der Waals surface area (Å²) < 4.78 is 38.0. The molecule has 206 valence electrons. The van der Waals surface area contributed by atoms with Gasteiger partial charge in [0.25, 0.3) is 0 Å². The second-order valence-corrected chi connectivity index (χ2v) is 11.2. The smallest absolute Gasteiger partial charge is 0.306 e. The van der Waals surface area contributed by atoms with Crippen LogP contribution in [-0.4, -0.2) is 37.0 Å². The average Bonchev–Trinajstić information content (AvgIpc) is 3.48. The molecule has 0 aromatic heterocycles. The second kappa shape index (κ2) is 10.5. The summed E-state index contributed by atoms with van der Waals surface area (Å²) in [6.45, 7) is 8.07. The number of fused-ring (bicyclic) bond motifs is 2. The highest BCUT2D eigenvalue weighted by molar-refractivity contribution is 5.76. The van der Waals surface area contributed by atoms with E-state index in [0.29, 0.717) is 42.3 Å². The van der Waals surface area contributed by atoms with Crippen LogP contribution in [0.5, 0.6) is 17.2 Å². The first-order valence-corrected chi connectivity index (χ1v) is 13.3. The molecular formula is C32H35FO6. The van der Waals surface area contributed by atoms with E-state index in [1.54, 1.807) is 13.8 Å². The first kappa shape index (κ1) is 27.0. The summed E-state index contributed by atoms with van der Waals surface area (Å²) in [5, 5.41) is 10.0. The van der Waals surface area contributed by atoms with Gasteiger partial charge in [0, 0.05) is 23.1 Å². The van der Waals surface area contributed by atoms with E-state index in [9.17, 15) is 9.90 Å². The maximum Gasteiger partial charge on any atom is 0.306 e. The first-order chi connectivity index (χ1) is 18.5. The predicted octanol–water partition coefficient (Wildman–Crippen LogP) is 6.36. The molecule has 7 heteroatoms. The van der Waals surface area contributed by atoms with Crippen molar-refractivity contribution in [3.63, 3.8) is 0 Å². The van der Waals surface area contributed by atoms with E-state index in [4.69, 9.17) is 18.9 Å². The number of aryl methyl sites for hydroxylation is 2. The van der Waals surface area contributed by atoms with Crippen LogP contribution in [0.1, 0.15) is 66.5 Å². The number of carbonyl (C=O) groups is 1. The maximum absolute atomic E-state index is 15.3. The number of halogens is 1. The third-order valence-corrected chi connectivity index (χ3v) is 7.43. The van der Waals surface area contributed by atoms with Crippen molar-refractivity contribution in [3.8, 4) is 28.4 Å². The van der Waals surface area contributed by atoms with Crippen LogP contribution in [0.2, 0.25) is 0 Å². The summed E-state index contributed by atoms with van der Waals surface area (Å²) in [6.07, 6.45) is 1.21. The van der Waals surface area contributed by atoms with Crippen LogP contribution in [0, 0.1) is 19.7 Å². The molecule has 0 spiro atoms. The van der Waals surface area contributed by atoms with Crippen LogP contribution in [0.4, 0.5) is 4.39 Å². The fourth-order valence-electron chi connectivity index (χ4n) is 5.67. The number of benzene rings is 3. The Hall–Kier alpha value is -3.58. The zero-order valence-electron chi connectivity index (χ0n) is 23.1. The Balaban J connectivity index is 1.40. The minimum Gasteiger partial charge on any atom is -0.492 e. The van der Waals surface area contributed by atoms with Gasteiger partial charge in [-0.1, -0.05) is 12.1 Å². The summed E-state index contributed by atoms with van der Waals surface area (Å²) >= 11 is 0. The summed E-state index contributed by atoms with van der Waals surface area (Å²) in [6, 6.07) is 12.9. The van der Waals surface area contributed by atoms with Gasteiger partial charge < -0.3 is 24.1 Å². The van der Waals surface area contributed by atoms with E-state index in [0.717, 1.165) is 33.4 Å². The molecule has 0 bridgehead atoms. The lowest BCUT2D eigenvalue weighted by Gasteiger charge is -2.21. The van der Waals surface area contributed by atoms with Crippen molar-refractivity contribution in [1.29, 1.82) is 0 Å². The highest BCUT2D eigenvalue weighted by Crippen LogP contribution is 2.45. The van der Waals surface area contributed by atoms with E-state index in [2.05, 4.69) is 0 Å². The quantitative estimate of drug-likeness (QED) is 0.339. The van der Waals surface area contributed by atoms with Crippen molar-refractivity contribution in [2.45, 2.75) is 64.6 Å². The van der Waals surface area contributed by atoms with Crippen molar-refractivity contribution in [3.05, 3.63) is 76.1 Å². The Kier molecular flexibility index (Phi) is 7.29. The third-order valence-electron chi connectivity index (χ3n) is 7.43. The minimum absolute atomic E-state index is 0.0490. The van der Waals surface area contributed by atoms with Gasteiger partial charge in [0.2, 0.25) is 0 Å². The number of esters is 1. The molecule has 0 saturated carbocycles. The molecule has 1 aliphatic heterocycles. The maximum atomic E-state index is 15.3. The number of hydrogen-bond acceptors (Lipinski definition) is 6. The lowest BCUT2D eigenvalue weighted by molar-refractivity contribution is -0.141. The molecule has 39 heavy (non-hydrogen) atoms. The highest BCUT2D eigenvalue weighted by atomic mass is 19.1. The van der Waals surface area contributed by atoms with Crippen molar-refractivity contribution >= 4 is 5.97 Å². The van der Waals surface area contributed by atoms with E-state index in [-0.39, 0.29) is 30.7 Å². The zero-order chi connectivity index (χ0) is 27.9. The third kappa shape index (κ3) is 5.59. The van der Waals surface area contributed by atoms with Crippen LogP contribution in [0.3, 0.4) is 0 Å². The monoisotopic (exact) mass is 534 g/mol. The molecule has 0 fully saturated rings. The summed E-state index contributed by atoms with van der Waals surface area (Å²) in [5.74, 6) is 1.40. The van der Waals surface area contributed by atoms with Crippen LogP contribution in [0.25, 0.3) is 11.1 Å². The standard InChI is InChI=1S/C32H35FO6/c1-18-12-22(38-17-32(3,4)35)13-19(2)30(18)24-8-10-26(33)31-25(24)9-11-27(31)39-21-6-7-23-20(14-29(34)36-5)16-37-28(23)15-21/h6-8,10,12-13,15,20,27,35H,9,11,14,16-17H2,1-5H3/t20?,27-/m1/s1. The molecule has 3 aromatic rings. The minimum atomic E-state index is -0.928. The van der Waals surface area contributed by atoms with Gasteiger partial charge in [-0.25, -0.2) is 4.39 Å². The number of aliphatic hydroxyl groups is 1. The molecule has 6 nitrogen and oxygen atoms in total. The van der Waals surface area contributed by atoms with Crippen LogP contribution >= 0.6 is 0 Å². The number of hydrogen-bond donors (Lipinski definition) is 1. The molecule has 1 heterocycles. The lowest BCUT2D eigenvalue weighted by Crippen LogP contribution is -2.27. The highest BCUT2D eigenvalue weighted by Gasteiger charge is 2.32. The van der Waals surface area contributed by atoms with Gasteiger partial charge in [0.1, 0.15) is 35.8 Å². The number of carbonyl (C=O) groups excluding carboxylic acids is 1.